The van der Waals surface area contributed by atoms with Gasteiger partial charge >= 0.3 is 0 Å². The van der Waals surface area contributed by atoms with E-state index >= 15 is 0 Å². The fourth-order valence-corrected chi connectivity index (χ4v) is 1.37. The van der Waals surface area contributed by atoms with Gasteiger partial charge in [0, 0.05) is 0 Å². The fourth-order valence-electron chi connectivity index (χ4n) is 1.20. The van der Waals surface area contributed by atoms with E-state index in [1.807, 2.05) is 6.07 Å². The number of carbonyl (C=O) groups excluding carboxylic acids is 1. The summed E-state index contributed by atoms with van der Waals surface area (Å²) in [7, 11) is 0. The molecule has 0 aromatic heterocycles. The molecule has 1 atom stereocenters. The van der Waals surface area contributed by atoms with Gasteiger partial charge in [0.15, 0.2) is 0 Å². The summed E-state index contributed by atoms with van der Waals surface area (Å²) in [6.45, 7) is 3.51. The van der Waals surface area contributed by atoms with Crippen LogP contribution in [0.1, 0.15) is 12.0 Å². The normalized spacial score (nSPS) is 11.4. The number of carbonyl (C=O) groups is 1. The maximum Gasteiger partial charge on any atom is 0.241 e. The first-order chi connectivity index (χ1) is 8.08. The number of benzene rings is 1. The third-order valence-electron chi connectivity index (χ3n) is 2.11. The molecule has 5 heteroatoms. The summed E-state index contributed by atoms with van der Waals surface area (Å²) in [6.07, 6.45) is 1.94. The third-order valence-corrected chi connectivity index (χ3v) is 2.44. The van der Waals surface area contributed by atoms with Crippen LogP contribution in [0.5, 0.6) is 0 Å². The lowest BCUT2D eigenvalue weighted by atomic mass is 10.2. The van der Waals surface area contributed by atoms with Crippen LogP contribution in [0, 0.1) is 11.3 Å². The number of nitrogens with zero attached hydrogens (tertiary/aromatic N) is 1. The molecule has 0 bridgehead atoms. The SMILES string of the molecule is C=CCC(N)C(=O)Nc1cc(C#N)ccc1Cl. The minimum Gasteiger partial charge on any atom is -0.323 e. The Balaban J connectivity index is 2.84. The lowest BCUT2D eigenvalue weighted by Gasteiger charge is -2.11. The van der Waals surface area contributed by atoms with Gasteiger partial charge in [-0.15, -0.1) is 6.58 Å². The molecule has 17 heavy (non-hydrogen) atoms. The van der Waals surface area contributed by atoms with Crippen LogP contribution in [0.4, 0.5) is 5.69 Å². The molecule has 0 aliphatic heterocycles. The number of amides is 1. The largest absolute Gasteiger partial charge is 0.323 e. The maximum atomic E-state index is 11.6. The lowest BCUT2D eigenvalue weighted by Crippen LogP contribution is -2.35. The van der Waals surface area contributed by atoms with E-state index in [-0.39, 0.29) is 5.91 Å². The predicted octanol–water partition coefficient (Wildman–Crippen LogP) is 2.05. The molecule has 1 aromatic carbocycles. The average molecular weight is 250 g/mol. The second-order valence-electron chi connectivity index (χ2n) is 3.43. The average Bonchev–Trinajstić information content (AvgIpc) is 2.32. The number of nitrogens with two attached hydrogens (primary N) is 1. The van der Waals surface area contributed by atoms with Gasteiger partial charge in [-0.1, -0.05) is 17.7 Å². The molecule has 4 nitrogen and oxygen atoms in total. The van der Waals surface area contributed by atoms with Crippen LogP contribution in [0.3, 0.4) is 0 Å². The van der Waals surface area contributed by atoms with E-state index in [2.05, 4.69) is 11.9 Å². The highest BCUT2D eigenvalue weighted by Gasteiger charge is 2.13. The Labute approximate surface area is 105 Å². The van der Waals surface area contributed by atoms with Gasteiger partial charge in [-0.3, -0.25) is 4.79 Å². The highest BCUT2D eigenvalue weighted by molar-refractivity contribution is 6.33. The third kappa shape index (κ3) is 3.59. The van der Waals surface area contributed by atoms with Crippen molar-refractivity contribution in [1.82, 2.24) is 0 Å². The van der Waals surface area contributed by atoms with Crippen molar-refractivity contribution in [3.05, 3.63) is 41.4 Å². The number of nitrogens with one attached hydrogen (secondary N) is 1. The van der Waals surface area contributed by atoms with E-state index in [4.69, 9.17) is 22.6 Å². The minimum atomic E-state index is -0.672. The number of anilines is 1. The predicted molar refractivity (Wildman–Crippen MR) is 67.6 cm³/mol. The van der Waals surface area contributed by atoms with Crippen LogP contribution in [0.25, 0.3) is 0 Å². The lowest BCUT2D eigenvalue weighted by molar-refractivity contribution is -0.117. The van der Waals surface area contributed by atoms with Crippen molar-refractivity contribution in [2.75, 3.05) is 5.32 Å². The summed E-state index contributed by atoms with van der Waals surface area (Å²) in [5.74, 6) is -0.359. The van der Waals surface area contributed by atoms with Gasteiger partial charge in [0.1, 0.15) is 0 Å². The Kier molecular flexibility index (Phi) is 4.70. The molecule has 1 amide bonds. The fraction of sp³-hybridized carbons (Fsp3) is 0.167. The van der Waals surface area contributed by atoms with Crippen molar-refractivity contribution >= 4 is 23.2 Å². The molecule has 1 rings (SSSR count). The highest BCUT2D eigenvalue weighted by atomic mass is 35.5. The molecule has 1 aromatic rings. The molecule has 88 valence electrons. The van der Waals surface area contributed by atoms with Crippen molar-refractivity contribution in [2.45, 2.75) is 12.5 Å². The molecule has 0 saturated heterocycles. The zero-order valence-corrected chi connectivity index (χ0v) is 9.87. The molecule has 1 unspecified atom stereocenters. The van der Waals surface area contributed by atoms with Crippen LogP contribution in [0.2, 0.25) is 5.02 Å². The smallest absolute Gasteiger partial charge is 0.241 e. The minimum absolute atomic E-state index is 0.359. The van der Waals surface area contributed by atoms with Gasteiger partial charge in [-0.2, -0.15) is 5.26 Å². The van der Waals surface area contributed by atoms with Gasteiger partial charge in [-0.05, 0) is 24.6 Å². The van der Waals surface area contributed by atoms with Crippen LogP contribution < -0.4 is 11.1 Å². The van der Waals surface area contributed by atoms with Gasteiger partial charge in [0.2, 0.25) is 5.91 Å². The summed E-state index contributed by atoms with van der Waals surface area (Å²) in [5.41, 5.74) is 6.41. The number of hydrogen-bond acceptors (Lipinski definition) is 3. The molecular weight excluding hydrogens is 238 g/mol. The number of halogens is 1. The van der Waals surface area contributed by atoms with Crippen molar-refractivity contribution in [3.63, 3.8) is 0 Å². The summed E-state index contributed by atoms with van der Waals surface area (Å²) < 4.78 is 0. The van der Waals surface area contributed by atoms with Crippen molar-refractivity contribution in [3.8, 4) is 6.07 Å². The van der Waals surface area contributed by atoms with Crippen LogP contribution >= 0.6 is 11.6 Å². The molecule has 3 N–H and O–H groups in total. The zero-order valence-electron chi connectivity index (χ0n) is 9.11. The Morgan fingerprint density at radius 1 is 1.71 bits per heavy atom. The molecule has 0 heterocycles. The molecule has 0 aliphatic carbocycles. The number of rotatable bonds is 4. The monoisotopic (exact) mass is 249 g/mol. The molecule has 0 fully saturated rings. The van der Waals surface area contributed by atoms with Gasteiger partial charge in [0.25, 0.3) is 0 Å². The van der Waals surface area contributed by atoms with E-state index < -0.39 is 6.04 Å². The Bertz CT molecular complexity index is 479. The second-order valence-corrected chi connectivity index (χ2v) is 3.83. The Morgan fingerprint density at radius 2 is 2.41 bits per heavy atom. The quantitative estimate of drug-likeness (QED) is 0.802. The topological polar surface area (TPSA) is 78.9 Å². The second kappa shape index (κ2) is 6.04. The van der Waals surface area contributed by atoms with E-state index in [0.717, 1.165) is 0 Å². The Morgan fingerprint density at radius 3 is 3.00 bits per heavy atom. The highest BCUT2D eigenvalue weighted by Crippen LogP contribution is 2.22. The molecular formula is C12H12ClN3O. The molecule has 0 aliphatic rings. The van der Waals surface area contributed by atoms with E-state index in [9.17, 15) is 4.79 Å². The van der Waals surface area contributed by atoms with Gasteiger partial charge < -0.3 is 11.1 Å². The summed E-state index contributed by atoms with van der Waals surface area (Å²) >= 11 is 5.89. The van der Waals surface area contributed by atoms with Crippen LogP contribution in [-0.4, -0.2) is 11.9 Å². The van der Waals surface area contributed by atoms with Crippen molar-refractivity contribution in [1.29, 1.82) is 5.26 Å². The van der Waals surface area contributed by atoms with E-state index in [1.165, 1.54) is 6.07 Å². The molecule has 0 spiro atoms. The van der Waals surface area contributed by atoms with E-state index in [1.54, 1.807) is 18.2 Å². The number of nitriles is 1. The maximum absolute atomic E-state index is 11.6. The summed E-state index contributed by atoms with van der Waals surface area (Å²) in [4.78, 5) is 11.6. The van der Waals surface area contributed by atoms with Crippen LogP contribution in [0.15, 0.2) is 30.9 Å². The zero-order chi connectivity index (χ0) is 12.8. The summed E-state index contributed by atoms with van der Waals surface area (Å²) in [6, 6.07) is 5.92. The standard InChI is InChI=1S/C12H12ClN3O/c1-2-3-10(15)12(17)16-11-6-8(7-14)4-5-9(11)13/h2,4-6,10H,1,3,15H2,(H,16,17). The molecule has 0 radical (unpaired) electrons. The van der Waals surface area contributed by atoms with E-state index in [0.29, 0.717) is 22.7 Å². The van der Waals surface area contributed by atoms with Crippen molar-refractivity contribution < 1.29 is 4.79 Å². The van der Waals surface area contributed by atoms with Crippen LogP contribution in [-0.2, 0) is 4.79 Å². The number of hydrogen-bond donors (Lipinski definition) is 2. The van der Waals surface area contributed by atoms with Crippen molar-refractivity contribution in [2.24, 2.45) is 5.73 Å². The first-order valence-electron chi connectivity index (χ1n) is 4.95. The molecule has 0 saturated carbocycles. The van der Waals surface area contributed by atoms with Gasteiger partial charge in [-0.25, -0.2) is 0 Å². The first kappa shape index (κ1) is 13.2. The summed E-state index contributed by atoms with van der Waals surface area (Å²) in [5, 5.41) is 11.7. The van der Waals surface area contributed by atoms with Gasteiger partial charge in [0.05, 0.1) is 28.4 Å². The first-order valence-corrected chi connectivity index (χ1v) is 5.33. The Hall–Kier alpha value is -1.83.